The quantitative estimate of drug-likeness (QED) is 0.788. The van der Waals surface area contributed by atoms with Gasteiger partial charge in [0.25, 0.3) is 0 Å². The third kappa shape index (κ3) is 3.41. The lowest BCUT2D eigenvalue weighted by Gasteiger charge is -2.35. The predicted octanol–water partition coefficient (Wildman–Crippen LogP) is 2.06. The van der Waals surface area contributed by atoms with E-state index in [9.17, 15) is 19.5 Å². The van der Waals surface area contributed by atoms with E-state index in [0.29, 0.717) is 32.6 Å². The van der Waals surface area contributed by atoms with Crippen LogP contribution >= 0.6 is 0 Å². The summed E-state index contributed by atoms with van der Waals surface area (Å²) < 4.78 is 0. The number of hydrogen-bond donors (Lipinski definition) is 2. The van der Waals surface area contributed by atoms with Gasteiger partial charge in [0.2, 0.25) is 5.91 Å². The van der Waals surface area contributed by atoms with Crippen molar-refractivity contribution in [2.24, 2.45) is 17.3 Å². The maximum atomic E-state index is 13.1. The minimum absolute atomic E-state index is 0.0419. The second kappa shape index (κ2) is 7.32. The molecule has 2 aliphatic heterocycles. The molecule has 27 heavy (non-hydrogen) atoms. The first-order valence-electron chi connectivity index (χ1n) is 10.6. The SMILES string of the molecule is O=C(NC1CCCC1)N1CCCC(C(=O)N2C[C@@H]3CCC[C@@]3(C(=O)O)C2)C1. The molecule has 2 saturated heterocycles. The van der Waals surface area contributed by atoms with Crippen molar-refractivity contribution in [3.8, 4) is 0 Å². The molecule has 0 spiro atoms. The Hall–Kier alpha value is -1.79. The van der Waals surface area contributed by atoms with Crippen LogP contribution in [0.3, 0.4) is 0 Å². The van der Waals surface area contributed by atoms with Gasteiger partial charge in [-0.25, -0.2) is 4.79 Å². The molecular formula is C20H31N3O4. The number of hydrogen-bond acceptors (Lipinski definition) is 3. The van der Waals surface area contributed by atoms with Gasteiger partial charge < -0.3 is 20.2 Å². The molecular weight excluding hydrogens is 346 g/mol. The molecule has 1 unspecified atom stereocenters. The van der Waals surface area contributed by atoms with Gasteiger partial charge in [0.05, 0.1) is 11.3 Å². The highest BCUT2D eigenvalue weighted by Gasteiger charge is 2.56. The molecule has 7 heteroatoms. The summed E-state index contributed by atoms with van der Waals surface area (Å²) in [6, 6.07) is 0.238. The Balaban J connectivity index is 1.36. The van der Waals surface area contributed by atoms with Crippen molar-refractivity contribution < 1.29 is 19.5 Å². The van der Waals surface area contributed by atoms with Crippen molar-refractivity contribution in [3.05, 3.63) is 0 Å². The van der Waals surface area contributed by atoms with E-state index in [-0.39, 0.29) is 29.8 Å². The van der Waals surface area contributed by atoms with Crippen LogP contribution < -0.4 is 5.32 Å². The number of rotatable bonds is 3. The zero-order chi connectivity index (χ0) is 19.0. The van der Waals surface area contributed by atoms with Crippen LogP contribution in [0.5, 0.6) is 0 Å². The zero-order valence-electron chi connectivity index (χ0n) is 16.0. The number of carboxylic acids is 1. The molecule has 150 valence electrons. The van der Waals surface area contributed by atoms with E-state index in [0.717, 1.165) is 38.5 Å². The fraction of sp³-hybridized carbons (Fsp3) is 0.850. The number of carboxylic acid groups (broad SMARTS) is 1. The Kier molecular flexibility index (Phi) is 5.03. The topological polar surface area (TPSA) is 90.0 Å². The first kappa shape index (κ1) is 18.6. The Labute approximate surface area is 160 Å². The average molecular weight is 377 g/mol. The monoisotopic (exact) mass is 377 g/mol. The molecule has 4 fully saturated rings. The highest BCUT2D eigenvalue weighted by atomic mass is 16.4. The van der Waals surface area contributed by atoms with Crippen LogP contribution in [0.25, 0.3) is 0 Å². The van der Waals surface area contributed by atoms with E-state index < -0.39 is 11.4 Å². The molecule has 2 saturated carbocycles. The van der Waals surface area contributed by atoms with Crippen molar-refractivity contribution in [2.45, 2.75) is 63.8 Å². The summed E-state index contributed by atoms with van der Waals surface area (Å²) in [4.78, 5) is 41.1. The molecule has 7 nitrogen and oxygen atoms in total. The minimum Gasteiger partial charge on any atom is -0.481 e. The molecule has 3 amide bonds. The number of carbonyl (C=O) groups is 3. The zero-order valence-corrected chi connectivity index (χ0v) is 16.0. The molecule has 4 rings (SSSR count). The summed E-state index contributed by atoms with van der Waals surface area (Å²) in [7, 11) is 0. The number of carbonyl (C=O) groups excluding carboxylic acids is 2. The van der Waals surface area contributed by atoms with Crippen molar-refractivity contribution >= 4 is 17.9 Å². The Bertz CT molecular complexity index is 618. The number of amides is 3. The maximum absolute atomic E-state index is 13.1. The lowest BCUT2D eigenvalue weighted by atomic mass is 9.81. The lowest BCUT2D eigenvalue weighted by Crippen LogP contribution is -2.51. The standard InChI is InChI=1S/C20H31N3O4/c24-17(23-12-15-6-3-9-20(15,13-23)18(25)26)14-5-4-10-22(11-14)19(27)21-16-7-1-2-8-16/h14-16H,1-13H2,(H,21,27)(H,25,26)/t14?,15-,20+/m0/s1. The molecule has 0 bridgehead atoms. The maximum Gasteiger partial charge on any atom is 0.317 e. The van der Waals surface area contributed by atoms with E-state index in [2.05, 4.69) is 5.32 Å². The van der Waals surface area contributed by atoms with E-state index in [1.54, 1.807) is 9.80 Å². The molecule has 0 aromatic rings. The van der Waals surface area contributed by atoms with Gasteiger partial charge >= 0.3 is 12.0 Å². The van der Waals surface area contributed by atoms with Gasteiger partial charge in [-0.3, -0.25) is 9.59 Å². The number of nitrogens with zero attached hydrogens (tertiary/aromatic N) is 2. The van der Waals surface area contributed by atoms with Crippen LogP contribution in [0.1, 0.15) is 57.8 Å². The predicted molar refractivity (Wildman–Crippen MR) is 99.1 cm³/mol. The molecule has 2 heterocycles. The Morgan fingerprint density at radius 3 is 2.41 bits per heavy atom. The molecule has 0 aromatic carbocycles. The number of likely N-dealkylation sites (tertiary alicyclic amines) is 2. The van der Waals surface area contributed by atoms with Crippen molar-refractivity contribution in [1.82, 2.24) is 15.1 Å². The molecule has 2 aliphatic carbocycles. The van der Waals surface area contributed by atoms with Crippen LogP contribution in [0.4, 0.5) is 4.79 Å². The number of aliphatic carboxylic acids is 1. The van der Waals surface area contributed by atoms with E-state index in [4.69, 9.17) is 0 Å². The van der Waals surface area contributed by atoms with E-state index in [1.807, 2.05) is 0 Å². The summed E-state index contributed by atoms with van der Waals surface area (Å²) in [5.74, 6) is -0.813. The van der Waals surface area contributed by atoms with E-state index in [1.165, 1.54) is 12.8 Å². The summed E-state index contributed by atoms with van der Waals surface area (Å²) in [6.07, 6.45) is 8.58. The number of nitrogens with one attached hydrogen (secondary N) is 1. The van der Waals surface area contributed by atoms with Gasteiger partial charge in [-0.05, 0) is 44.4 Å². The normalized spacial score (nSPS) is 33.9. The number of piperidine rings is 1. The van der Waals surface area contributed by atoms with Gasteiger partial charge in [0.15, 0.2) is 0 Å². The third-order valence-electron chi connectivity index (χ3n) is 7.35. The summed E-state index contributed by atoms with van der Waals surface area (Å²) in [6.45, 7) is 2.06. The van der Waals surface area contributed by atoms with Crippen LogP contribution in [0.2, 0.25) is 0 Å². The molecule has 2 N–H and O–H groups in total. The number of urea groups is 1. The van der Waals surface area contributed by atoms with Crippen LogP contribution in [0, 0.1) is 17.3 Å². The molecule has 0 radical (unpaired) electrons. The van der Waals surface area contributed by atoms with Crippen LogP contribution in [-0.4, -0.2) is 65.0 Å². The lowest BCUT2D eigenvalue weighted by molar-refractivity contribution is -0.149. The summed E-state index contributed by atoms with van der Waals surface area (Å²) in [5.41, 5.74) is -0.732. The average Bonchev–Trinajstić information content (AvgIpc) is 3.37. The van der Waals surface area contributed by atoms with Crippen molar-refractivity contribution in [1.29, 1.82) is 0 Å². The smallest absolute Gasteiger partial charge is 0.317 e. The minimum atomic E-state index is -0.749. The van der Waals surface area contributed by atoms with Crippen molar-refractivity contribution in [2.75, 3.05) is 26.2 Å². The fourth-order valence-corrected chi connectivity index (χ4v) is 5.76. The van der Waals surface area contributed by atoms with Crippen LogP contribution in [0.15, 0.2) is 0 Å². The Morgan fingerprint density at radius 1 is 0.926 bits per heavy atom. The summed E-state index contributed by atoms with van der Waals surface area (Å²) in [5, 5.41) is 12.9. The fourth-order valence-electron chi connectivity index (χ4n) is 5.76. The van der Waals surface area contributed by atoms with Gasteiger partial charge in [-0.15, -0.1) is 0 Å². The molecule has 4 aliphatic rings. The Morgan fingerprint density at radius 2 is 1.70 bits per heavy atom. The largest absolute Gasteiger partial charge is 0.481 e. The molecule has 0 aromatic heterocycles. The van der Waals surface area contributed by atoms with Gasteiger partial charge in [0, 0.05) is 32.2 Å². The van der Waals surface area contributed by atoms with E-state index >= 15 is 0 Å². The van der Waals surface area contributed by atoms with Gasteiger partial charge in [-0.2, -0.15) is 0 Å². The second-order valence-electron chi connectivity index (χ2n) is 8.99. The highest BCUT2D eigenvalue weighted by Crippen LogP contribution is 2.49. The van der Waals surface area contributed by atoms with Gasteiger partial charge in [0.1, 0.15) is 0 Å². The highest BCUT2D eigenvalue weighted by molar-refractivity contribution is 5.84. The number of fused-ring (bicyclic) bond motifs is 1. The second-order valence-corrected chi connectivity index (χ2v) is 8.99. The summed E-state index contributed by atoms with van der Waals surface area (Å²) >= 11 is 0. The van der Waals surface area contributed by atoms with Gasteiger partial charge in [-0.1, -0.05) is 19.3 Å². The molecule has 3 atom stereocenters. The first-order valence-corrected chi connectivity index (χ1v) is 10.6. The van der Waals surface area contributed by atoms with Crippen LogP contribution in [-0.2, 0) is 9.59 Å². The first-order chi connectivity index (χ1) is 13.0. The third-order valence-corrected chi connectivity index (χ3v) is 7.35. The van der Waals surface area contributed by atoms with Crippen molar-refractivity contribution in [3.63, 3.8) is 0 Å².